The van der Waals surface area contributed by atoms with Gasteiger partial charge in [0.1, 0.15) is 29.5 Å². The van der Waals surface area contributed by atoms with Crippen LogP contribution in [0.15, 0.2) is 152 Å². The van der Waals surface area contributed by atoms with Crippen molar-refractivity contribution >= 4 is 0 Å². The highest BCUT2D eigenvalue weighted by molar-refractivity contribution is 5.60. The fraction of sp³-hybridized carbons (Fsp3) is 0.167. The first-order chi connectivity index (χ1) is 23.5. The number of pyridine rings is 1. The minimum absolute atomic E-state index is 0.0102. The molecule has 1 heterocycles. The van der Waals surface area contributed by atoms with Crippen molar-refractivity contribution in [3.05, 3.63) is 180 Å². The van der Waals surface area contributed by atoms with Crippen LogP contribution in [-0.2, 0) is 30.2 Å². The van der Waals surface area contributed by atoms with Crippen molar-refractivity contribution in [1.82, 2.24) is 4.98 Å². The van der Waals surface area contributed by atoms with E-state index in [1.165, 1.54) is 0 Å². The Morgan fingerprint density at radius 2 is 1.38 bits per heavy atom. The Kier molecular flexibility index (Phi) is 11.6. The van der Waals surface area contributed by atoms with Gasteiger partial charge in [0.25, 0.3) is 0 Å². The first-order valence-corrected chi connectivity index (χ1v) is 15.8. The summed E-state index contributed by atoms with van der Waals surface area (Å²) in [6.45, 7) is 6.71. The molecule has 1 aromatic heterocycles. The first-order valence-electron chi connectivity index (χ1n) is 15.8. The number of aliphatic hydroxyl groups is 1. The van der Waals surface area contributed by atoms with E-state index in [9.17, 15) is 5.11 Å². The van der Waals surface area contributed by atoms with Crippen molar-refractivity contribution in [1.29, 1.82) is 0 Å². The molecule has 0 fully saturated rings. The van der Waals surface area contributed by atoms with E-state index in [1.807, 2.05) is 134 Å². The molecule has 0 aliphatic heterocycles. The normalized spacial score (nSPS) is 11.8. The Morgan fingerprint density at radius 3 is 1.92 bits per heavy atom. The number of benzene rings is 4. The summed E-state index contributed by atoms with van der Waals surface area (Å²) >= 11 is 0. The molecule has 0 bridgehead atoms. The Balaban J connectivity index is 1.40. The van der Waals surface area contributed by atoms with Crippen LogP contribution in [0.2, 0.25) is 0 Å². The summed E-state index contributed by atoms with van der Waals surface area (Å²) in [4.78, 5) is 4.78. The zero-order valence-corrected chi connectivity index (χ0v) is 27.6. The lowest BCUT2D eigenvalue weighted by Crippen LogP contribution is -2.33. The maximum Gasteiger partial charge on any atom is 0.144 e. The van der Waals surface area contributed by atoms with Crippen molar-refractivity contribution in [2.24, 2.45) is 0 Å². The van der Waals surface area contributed by atoms with Crippen molar-refractivity contribution < 1.29 is 24.1 Å². The second kappa shape index (κ2) is 16.4. The Bertz CT molecular complexity index is 1780. The van der Waals surface area contributed by atoms with Gasteiger partial charge in [-0.1, -0.05) is 85.5 Å². The molecule has 6 heteroatoms. The van der Waals surface area contributed by atoms with Crippen molar-refractivity contribution in [3.63, 3.8) is 0 Å². The topological polar surface area (TPSA) is 70.0 Å². The smallest absolute Gasteiger partial charge is 0.144 e. The molecule has 48 heavy (non-hydrogen) atoms. The summed E-state index contributed by atoms with van der Waals surface area (Å²) in [6.07, 6.45) is 9.67. The molecule has 5 rings (SSSR count). The van der Waals surface area contributed by atoms with Crippen LogP contribution < -0.4 is 14.2 Å². The number of methoxy groups -OCH3 is 2. The highest BCUT2D eigenvalue weighted by Gasteiger charge is 2.38. The van der Waals surface area contributed by atoms with Gasteiger partial charge in [0.15, 0.2) is 0 Å². The maximum atomic E-state index is 9.39. The average Bonchev–Trinajstić information content (AvgIpc) is 3.15. The molecule has 4 aromatic carbocycles. The number of aliphatic hydroxyl groups excluding tert-OH is 1. The molecule has 0 aliphatic carbocycles. The summed E-state index contributed by atoms with van der Waals surface area (Å²) in [5.41, 5.74) is 6.44. The summed E-state index contributed by atoms with van der Waals surface area (Å²) in [5.74, 6) is 2.28. The van der Waals surface area contributed by atoms with Crippen molar-refractivity contribution in [3.8, 4) is 28.5 Å². The van der Waals surface area contributed by atoms with Crippen LogP contribution in [-0.4, -0.2) is 24.3 Å². The summed E-state index contributed by atoms with van der Waals surface area (Å²) in [5, 5.41) is 9.39. The fourth-order valence-electron chi connectivity index (χ4n) is 5.58. The lowest BCUT2D eigenvalue weighted by atomic mass is 9.79. The predicted octanol–water partition coefficient (Wildman–Crippen LogP) is 8.99. The molecule has 0 spiro atoms. The van der Waals surface area contributed by atoms with Gasteiger partial charge in [-0.2, -0.15) is 0 Å². The standard InChI is InChI=1S/C42H41NO5/c1-5-8-35(9-6-2)42(36-15-21-38(45-3)22-16-36,37-17-23-39(46-4)24-18-37)48-30-33-12-25-41(43-27-33)34-13-19-40(20-14-34)47-29-32-11-7-10-31(26-32)28-44/h5-27,44H,1,28-30H2,2-4H3/b9-6-,35-8+. The quantitative estimate of drug-likeness (QED) is 0.115. The lowest BCUT2D eigenvalue weighted by Gasteiger charge is -2.37. The van der Waals surface area contributed by atoms with Gasteiger partial charge in [-0.15, -0.1) is 0 Å². The highest BCUT2D eigenvalue weighted by Crippen LogP contribution is 2.43. The van der Waals surface area contributed by atoms with Crippen LogP contribution in [0.3, 0.4) is 0 Å². The molecule has 1 N–H and O–H groups in total. The number of ether oxygens (including phenoxy) is 4. The Morgan fingerprint density at radius 1 is 0.750 bits per heavy atom. The third kappa shape index (κ3) is 7.92. The Hall–Kier alpha value is -5.43. The van der Waals surface area contributed by atoms with Crippen LogP contribution >= 0.6 is 0 Å². The molecule has 0 unspecified atom stereocenters. The molecule has 0 saturated heterocycles. The molecule has 0 amide bonds. The third-order valence-corrected chi connectivity index (χ3v) is 8.05. The van der Waals surface area contributed by atoms with Gasteiger partial charge < -0.3 is 24.1 Å². The van der Waals surface area contributed by atoms with E-state index in [1.54, 1.807) is 20.3 Å². The average molecular weight is 640 g/mol. The van der Waals surface area contributed by atoms with Crippen LogP contribution in [0.5, 0.6) is 17.2 Å². The second-order valence-electron chi connectivity index (χ2n) is 11.1. The molecular weight excluding hydrogens is 598 g/mol. The Labute approximate surface area is 283 Å². The number of nitrogens with zero attached hydrogens (tertiary/aromatic N) is 1. The largest absolute Gasteiger partial charge is 0.497 e. The number of aromatic nitrogens is 1. The summed E-state index contributed by atoms with van der Waals surface area (Å²) < 4.78 is 23.9. The number of hydrogen-bond acceptors (Lipinski definition) is 6. The van der Waals surface area contributed by atoms with Gasteiger partial charge in [-0.25, -0.2) is 0 Å². The van der Waals surface area contributed by atoms with Gasteiger partial charge in [-0.3, -0.25) is 4.98 Å². The van der Waals surface area contributed by atoms with Gasteiger partial charge in [-0.05, 0) is 94.9 Å². The van der Waals surface area contributed by atoms with Gasteiger partial charge >= 0.3 is 0 Å². The third-order valence-electron chi connectivity index (χ3n) is 8.05. The molecule has 5 aromatic rings. The maximum absolute atomic E-state index is 9.39. The van der Waals surface area contributed by atoms with E-state index in [0.717, 1.165) is 61.9 Å². The minimum Gasteiger partial charge on any atom is -0.497 e. The fourth-order valence-corrected chi connectivity index (χ4v) is 5.58. The van der Waals surface area contributed by atoms with Crippen molar-refractivity contribution in [2.75, 3.05) is 14.2 Å². The van der Waals surface area contributed by atoms with Gasteiger partial charge in [0.05, 0.1) is 33.1 Å². The van der Waals surface area contributed by atoms with E-state index >= 15 is 0 Å². The van der Waals surface area contributed by atoms with Gasteiger partial charge in [0.2, 0.25) is 0 Å². The molecular formula is C42H41NO5. The van der Waals surface area contributed by atoms with E-state index in [2.05, 4.69) is 12.7 Å². The zero-order valence-electron chi connectivity index (χ0n) is 27.6. The summed E-state index contributed by atoms with van der Waals surface area (Å²) in [6, 6.07) is 35.6. The summed E-state index contributed by atoms with van der Waals surface area (Å²) in [7, 11) is 3.31. The van der Waals surface area contributed by atoms with E-state index in [0.29, 0.717) is 13.2 Å². The lowest BCUT2D eigenvalue weighted by molar-refractivity contribution is -0.000457. The highest BCUT2D eigenvalue weighted by atomic mass is 16.5. The first kappa shape index (κ1) is 33.9. The van der Waals surface area contributed by atoms with Crippen LogP contribution in [0, 0.1) is 0 Å². The molecule has 0 saturated carbocycles. The second-order valence-corrected chi connectivity index (χ2v) is 11.1. The van der Waals surface area contributed by atoms with E-state index < -0.39 is 5.60 Å². The van der Waals surface area contributed by atoms with Crippen LogP contribution in [0.25, 0.3) is 11.3 Å². The minimum atomic E-state index is -0.979. The predicted molar refractivity (Wildman–Crippen MR) is 191 cm³/mol. The van der Waals surface area contributed by atoms with Gasteiger partial charge in [0, 0.05) is 11.8 Å². The molecule has 0 aliphatic rings. The van der Waals surface area contributed by atoms with Crippen LogP contribution in [0.4, 0.5) is 0 Å². The molecule has 6 nitrogen and oxygen atoms in total. The van der Waals surface area contributed by atoms with Crippen LogP contribution in [0.1, 0.15) is 34.7 Å². The zero-order chi connectivity index (χ0) is 33.8. The SMILES string of the molecule is C=C/C=C(\C=C/C)C(OCc1ccc(-c2ccc(OCc3cccc(CO)c3)cc2)nc1)(c1ccc(OC)cc1)c1ccc(OC)cc1. The molecule has 244 valence electrons. The molecule has 0 radical (unpaired) electrons. The molecule has 0 atom stereocenters. The van der Waals surface area contributed by atoms with E-state index in [4.69, 9.17) is 23.9 Å². The number of allylic oxidation sites excluding steroid dienone is 3. The monoisotopic (exact) mass is 639 g/mol. The van der Waals surface area contributed by atoms with Crippen molar-refractivity contribution in [2.45, 2.75) is 32.3 Å². The number of hydrogen-bond donors (Lipinski definition) is 1. The van der Waals surface area contributed by atoms with E-state index in [-0.39, 0.29) is 6.61 Å². The number of rotatable bonds is 15.